The molecule has 0 spiro atoms. The van der Waals surface area contributed by atoms with Crippen LogP contribution in [-0.2, 0) is 4.74 Å². The molecule has 1 aliphatic carbocycles. The van der Waals surface area contributed by atoms with E-state index in [4.69, 9.17) is 4.74 Å². The van der Waals surface area contributed by atoms with Crippen LogP contribution in [0.25, 0.3) is 0 Å². The first-order valence-corrected chi connectivity index (χ1v) is 10.5. The summed E-state index contributed by atoms with van der Waals surface area (Å²) in [6, 6.07) is 0. The lowest BCUT2D eigenvalue weighted by Crippen LogP contribution is -2.29. The van der Waals surface area contributed by atoms with Gasteiger partial charge in [0.15, 0.2) is 0 Å². The smallest absolute Gasteiger partial charge is 0.100 e. The molecule has 0 atom stereocenters. The molecule has 1 heterocycles. The van der Waals surface area contributed by atoms with Gasteiger partial charge in [-0.2, -0.15) is 0 Å². The third kappa shape index (κ3) is 12.2. The number of ether oxygens (including phenoxy) is 1. The van der Waals surface area contributed by atoms with Gasteiger partial charge in [-0.1, -0.05) is 41.0 Å². The second-order valence-corrected chi connectivity index (χ2v) is 7.58. The summed E-state index contributed by atoms with van der Waals surface area (Å²) in [6.07, 6.45) is 8.36. The molecule has 0 amide bonds. The Bertz CT molecular complexity index is 257. The van der Waals surface area contributed by atoms with E-state index in [1.807, 2.05) is 13.8 Å². The fourth-order valence-corrected chi connectivity index (χ4v) is 3.13. The number of likely N-dealkylation sites (tertiary alicyclic amines) is 1. The Kier molecular flexibility index (Phi) is 15.0. The summed E-state index contributed by atoms with van der Waals surface area (Å²) in [5, 5.41) is 0. The zero-order valence-corrected chi connectivity index (χ0v) is 17.3. The van der Waals surface area contributed by atoms with E-state index in [9.17, 15) is 4.39 Å². The van der Waals surface area contributed by atoms with Crippen LogP contribution in [0.2, 0.25) is 0 Å². The maximum absolute atomic E-state index is 12.8. The molecule has 0 unspecified atom stereocenters. The largest absolute Gasteiger partial charge is 0.378 e. The molecule has 1 aliphatic heterocycles. The predicted octanol–water partition coefficient (Wildman–Crippen LogP) is 6.09. The molecule has 0 radical (unpaired) electrons. The fourth-order valence-electron chi connectivity index (χ4n) is 3.13. The van der Waals surface area contributed by atoms with E-state index < -0.39 is 6.17 Å². The molecule has 24 heavy (non-hydrogen) atoms. The molecule has 3 heteroatoms. The fraction of sp³-hybridized carbons (Fsp3) is 1.00. The molecule has 0 N–H and O–H groups in total. The highest BCUT2D eigenvalue weighted by atomic mass is 19.1. The molecule has 0 aromatic carbocycles. The number of alkyl halides is 1. The number of rotatable bonds is 5. The zero-order valence-electron chi connectivity index (χ0n) is 17.3. The number of hydrogen-bond acceptors (Lipinski definition) is 2. The van der Waals surface area contributed by atoms with Crippen molar-refractivity contribution in [1.82, 2.24) is 4.90 Å². The van der Waals surface area contributed by atoms with Gasteiger partial charge in [0.2, 0.25) is 0 Å². The van der Waals surface area contributed by atoms with E-state index >= 15 is 0 Å². The summed E-state index contributed by atoms with van der Waals surface area (Å²) in [6.45, 7) is 14.2. The minimum absolute atomic E-state index is 0.339. The monoisotopic (exact) mass is 345 g/mol. The lowest BCUT2D eigenvalue weighted by Gasteiger charge is -2.27. The Labute approximate surface area is 151 Å². The molecular formula is C21H44FNO. The van der Waals surface area contributed by atoms with Crippen LogP contribution in [0.3, 0.4) is 0 Å². The maximum atomic E-state index is 12.8. The van der Waals surface area contributed by atoms with Crippen LogP contribution in [0.15, 0.2) is 0 Å². The average molecular weight is 346 g/mol. The number of hydrogen-bond donors (Lipinski definition) is 0. The van der Waals surface area contributed by atoms with E-state index in [0.29, 0.717) is 24.9 Å². The minimum atomic E-state index is -0.565. The summed E-state index contributed by atoms with van der Waals surface area (Å²) in [5.41, 5.74) is 0. The van der Waals surface area contributed by atoms with Gasteiger partial charge in [-0.25, -0.2) is 4.39 Å². The third-order valence-electron chi connectivity index (χ3n) is 5.07. The second kappa shape index (κ2) is 15.1. The second-order valence-electron chi connectivity index (χ2n) is 7.58. The molecule has 2 rings (SSSR count). The van der Waals surface area contributed by atoms with Gasteiger partial charge in [0, 0.05) is 6.61 Å². The van der Waals surface area contributed by atoms with Crippen LogP contribution in [0.1, 0.15) is 86.0 Å². The Morgan fingerprint density at radius 2 is 1.54 bits per heavy atom. The highest BCUT2D eigenvalue weighted by molar-refractivity contribution is 4.72. The summed E-state index contributed by atoms with van der Waals surface area (Å²) >= 11 is 0. The molecule has 1 saturated heterocycles. The molecule has 0 bridgehead atoms. The Morgan fingerprint density at radius 3 is 2.00 bits per heavy atom. The molecule has 2 fully saturated rings. The summed E-state index contributed by atoms with van der Waals surface area (Å²) in [7, 11) is 2.21. The standard InChI is InChI=1S/C11H21FO.C8H17N.C2H6/c1-9(2)7-8-13-11-5-3-10(12)4-6-11;1-3-8-4-6-9(2)7-5-8;1-2/h9-11H,3-8H2,1-2H3;8H,3-7H2,1-2H3;1-2H3. The van der Waals surface area contributed by atoms with Gasteiger partial charge in [0.1, 0.15) is 6.17 Å². The van der Waals surface area contributed by atoms with Gasteiger partial charge in [0.25, 0.3) is 0 Å². The average Bonchev–Trinajstić information content (AvgIpc) is 2.59. The van der Waals surface area contributed by atoms with Crippen molar-refractivity contribution in [3.8, 4) is 0 Å². The number of halogens is 1. The van der Waals surface area contributed by atoms with E-state index in [-0.39, 0.29) is 0 Å². The van der Waals surface area contributed by atoms with Gasteiger partial charge in [-0.05, 0) is 76.9 Å². The molecule has 0 aromatic rings. The quantitative estimate of drug-likeness (QED) is 0.597. The molecule has 1 saturated carbocycles. The van der Waals surface area contributed by atoms with Crippen molar-refractivity contribution in [1.29, 1.82) is 0 Å². The normalized spacial score (nSPS) is 25.5. The topological polar surface area (TPSA) is 12.5 Å². The highest BCUT2D eigenvalue weighted by Crippen LogP contribution is 2.23. The van der Waals surface area contributed by atoms with Crippen LogP contribution in [0, 0.1) is 11.8 Å². The lowest BCUT2D eigenvalue weighted by molar-refractivity contribution is 0.00851. The van der Waals surface area contributed by atoms with Crippen molar-refractivity contribution < 1.29 is 9.13 Å². The van der Waals surface area contributed by atoms with E-state index in [1.165, 1.54) is 32.4 Å². The lowest BCUT2D eigenvalue weighted by atomic mass is 9.95. The van der Waals surface area contributed by atoms with Gasteiger partial charge >= 0.3 is 0 Å². The molecule has 0 aromatic heterocycles. The van der Waals surface area contributed by atoms with Gasteiger partial charge < -0.3 is 9.64 Å². The van der Waals surface area contributed by atoms with Crippen molar-refractivity contribution in [2.24, 2.45) is 11.8 Å². The Balaban J connectivity index is 0.000000420. The van der Waals surface area contributed by atoms with Crippen LogP contribution in [0.4, 0.5) is 4.39 Å². The first-order chi connectivity index (χ1) is 11.5. The van der Waals surface area contributed by atoms with E-state index in [0.717, 1.165) is 31.8 Å². The van der Waals surface area contributed by atoms with Crippen molar-refractivity contribution >= 4 is 0 Å². The van der Waals surface area contributed by atoms with Crippen molar-refractivity contribution in [2.75, 3.05) is 26.7 Å². The van der Waals surface area contributed by atoms with Gasteiger partial charge in [-0.3, -0.25) is 0 Å². The molecule has 146 valence electrons. The van der Waals surface area contributed by atoms with Crippen LogP contribution < -0.4 is 0 Å². The first-order valence-electron chi connectivity index (χ1n) is 10.5. The Morgan fingerprint density at radius 1 is 1.00 bits per heavy atom. The number of nitrogens with zero attached hydrogens (tertiary/aromatic N) is 1. The third-order valence-corrected chi connectivity index (χ3v) is 5.07. The SMILES string of the molecule is CC.CC(C)CCOC1CCC(F)CC1.CCC1CCN(C)CC1. The molecule has 2 nitrogen and oxygen atoms in total. The van der Waals surface area contributed by atoms with Crippen molar-refractivity contribution in [3.63, 3.8) is 0 Å². The summed E-state index contributed by atoms with van der Waals surface area (Å²) in [4.78, 5) is 2.42. The van der Waals surface area contributed by atoms with Gasteiger partial charge in [-0.15, -0.1) is 0 Å². The summed E-state index contributed by atoms with van der Waals surface area (Å²) in [5.74, 6) is 1.73. The van der Waals surface area contributed by atoms with E-state index in [2.05, 4.69) is 32.7 Å². The van der Waals surface area contributed by atoms with Crippen LogP contribution in [0.5, 0.6) is 0 Å². The zero-order chi connectivity index (χ0) is 18.4. The number of piperidine rings is 1. The Hall–Kier alpha value is -0.150. The molecular weight excluding hydrogens is 301 g/mol. The predicted molar refractivity (Wildman–Crippen MR) is 104 cm³/mol. The van der Waals surface area contributed by atoms with Crippen LogP contribution >= 0.6 is 0 Å². The van der Waals surface area contributed by atoms with Crippen LogP contribution in [-0.4, -0.2) is 43.9 Å². The highest BCUT2D eigenvalue weighted by Gasteiger charge is 2.20. The first kappa shape index (κ1) is 23.9. The molecule has 2 aliphatic rings. The van der Waals surface area contributed by atoms with Gasteiger partial charge in [0.05, 0.1) is 6.10 Å². The van der Waals surface area contributed by atoms with Crippen molar-refractivity contribution in [3.05, 3.63) is 0 Å². The minimum Gasteiger partial charge on any atom is -0.378 e. The van der Waals surface area contributed by atoms with Crippen molar-refractivity contribution in [2.45, 2.75) is 98.3 Å². The van der Waals surface area contributed by atoms with E-state index in [1.54, 1.807) is 0 Å². The summed E-state index contributed by atoms with van der Waals surface area (Å²) < 4.78 is 18.4. The maximum Gasteiger partial charge on any atom is 0.100 e.